The van der Waals surface area contributed by atoms with Crippen LogP contribution < -0.4 is 9.47 Å². The van der Waals surface area contributed by atoms with Gasteiger partial charge in [-0.1, -0.05) is 18.2 Å². The lowest BCUT2D eigenvalue weighted by molar-refractivity contribution is 0.0749. The molecule has 0 saturated heterocycles. The Hall–Kier alpha value is -3.41. The Bertz CT molecular complexity index is 1050. The number of ether oxygens (including phenoxy) is 2. The van der Waals surface area contributed by atoms with Gasteiger partial charge in [0.05, 0.1) is 26.5 Å². The fourth-order valence-corrected chi connectivity index (χ4v) is 3.59. The maximum atomic E-state index is 13.1. The van der Waals surface area contributed by atoms with Gasteiger partial charge in [0.15, 0.2) is 0 Å². The molecule has 148 valence electrons. The summed E-state index contributed by atoms with van der Waals surface area (Å²) in [4.78, 5) is 24.1. The van der Waals surface area contributed by atoms with E-state index in [9.17, 15) is 4.79 Å². The average Bonchev–Trinajstić information content (AvgIpc) is 3.17. The zero-order valence-electron chi connectivity index (χ0n) is 16.8. The lowest BCUT2D eigenvalue weighted by atomic mass is 10.1. The zero-order chi connectivity index (χ0) is 20.4. The number of rotatable bonds is 5. The number of carbonyl (C=O) groups excluding carboxylic acids is 1. The molecule has 1 aliphatic rings. The van der Waals surface area contributed by atoms with Gasteiger partial charge in [-0.2, -0.15) is 0 Å². The van der Waals surface area contributed by atoms with Crippen LogP contribution in [-0.4, -0.2) is 35.0 Å². The predicted molar refractivity (Wildman–Crippen MR) is 109 cm³/mol. The second-order valence-electron chi connectivity index (χ2n) is 7.08. The molecule has 1 amide bonds. The minimum absolute atomic E-state index is 0.0175. The number of amides is 1. The van der Waals surface area contributed by atoms with Crippen molar-refractivity contribution in [3.8, 4) is 11.5 Å². The highest BCUT2D eigenvalue weighted by molar-refractivity contribution is 5.96. The number of fused-ring (bicyclic) bond motifs is 1. The quantitative estimate of drug-likeness (QED) is 0.668. The van der Waals surface area contributed by atoms with Crippen molar-refractivity contribution in [2.45, 2.75) is 26.4 Å². The minimum Gasteiger partial charge on any atom is -0.497 e. The Labute approximate surface area is 170 Å². The first-order valence-corrected chi connectivity index (χ1v) is 9.48. The molecule has 1 aromatic heterocycles. The largest absolute Gasteiger partial charge is 0.497 e. The molecule has 0 N–H and O–H groups in total. The van der Waals surface area contributed by atoms with Crippen LogP contribution in [-0.2, 0) is 19.5 Å². The van der Waals surface area contributed by atoms with Crippen molar-refractivity contribution in [2.24, 2.45) is 0 Å². The molecule has 0 atom stereocenters. The third kappa shape index (κ3) is 3.78. The Morgan fingerprint density at radius 1 is 1.07 bits per heavy atom. The van der Waals surface area contributed by atoms with Crippen molar-refractivity contribution < 1.29 is 14.3 Å². The van der Waals surface area contributed by atoms with Crippen molar-refractivity contribution in [1.29, 1.82) is 0 Å². The molecule has 1 aliphatic heterocycles. The number of hydrogen-bond donors (Lipinski definition) is 0. The molecule has 29 heavy (non-hydrogen) atoms. The third-order valence-electron chi connectivity index (χ3n) is 5.25. The van der Waals surface area contributed by atoms with Crippen molar-refractivity contribution in [3.63, 3.8) is 0 Å². The van der Waals surface area contributed by atoms with E-state index >= 15 is 0 Å². The average molecular weight is 389 g/mol. The number of methoxy groups -OCH3 is 2. The smallest absolute Gasteiger partial charge is 0.254 e. The summed E-state index contributed by atoms with van der Waals surface area (Å²) in [5.41, 5.74) is 4.53. The molecule has 6 nitrogen and oxygen atoms in total. The summed E-state index contributed by atoms with van der Waals surface area (Å²) in [7, 11) is 3.26. The second-order valence-corrected chi connectivity index (χ2v) is 7.08. The summed E-state index contributed by atoms with van der Waals surface area (Å²) in [5.74, 6) is 2.27. The third-order valence-corrected chi connectivity index (χ3v) is 5.25. The van der Waals surface area contributed by atoms with E-state index in [4.69, 9.17) is 14.5 Å². The van der Waals surface area contributed by atoms with Crippen LogP contribution in [0.2, 0.25) is 0 Å². The SMILES string of the molecule is COc1ccc(Cc2ncc3c(n2)CN(C(=O)c2cccc(OC)c2C)C3)cc1. The summed E-state index contributed by atoms with van der Waals surface area (Å²) in [5, 5.41) is 0. The zero-order valence-corrected chi connectivity index (χ0v) is 16.8. The molecule has 0 aliphatic carbocycles. The topological polar surface area (TPSA) is 64.6 Å². The molecule has 3 aromatic rings. The molecule has 0 spiro atoms. The Morgan fingerprint density at radius 3 is 2.59 bits per heavy atom. The van der Waals surface area contributed by atoms with Crippen molar-refractivity contribution in [1.82, 2.24) is 14.9 Å². The molecule has 4 rings (SSSR count). The first-order chi connectivity index (χ1) is 14.1. The van der Waals surface area contributed by atoms with Gasteiger partial charge in [0.1, 0.15) is 17.3 Å². The van der Waals surface area contributed by atoms with E-state index in [0.29, 0.717) is 30.8 Å². The molecule has 2 aromatic carbocycles. The molecule has 0 saturated carbocycles. The van der Waals surface area contributed by atoms with Gasteiger partial charge in [0.25, 0.3) is 5.91 Å². The van der Waals surface area contributed by atoms with Gasteiger partial charge < -0.3 is 14.4 Å². The normalized spacial score (nSPS) is 12.6. The summed E-state index contributed by atoms with van der Waals surface area (Å²) in [6.45, 7) is 2.92. The highest BCUT2D eigenvalue weighted by Crippen LogP contribution is 2.27. The van der Waals surface area contributed by atoms with Crippen LogP contribution in [0.4, 0.5) is 0 Å². The van der Waals surface area contributed by atoms with E-state index in [0.717, 1.165) is 34.0 Å². The fourth-order valence-electron chi connectivity index (χ4n) is 3.59. The van der Waals surface area contributed by atoms with Crippen LogP contribution in [0.15, 0.2) is 48.7 Å². The van der Waals surface area contributed by atoms with Crippen LogP contribution in [0.3, 0.4) is 0 Å². The maximum Gasteiger partial charge on any atom is 0.254 e. The van der Waals surface area contributed by atoms with Gasteiger partial charge in [-0.15, -0.1) is 0 Å². The van der Waals surface area contributed by atoms with Gasteiger partial charge in [0, 0.05) is 35.9 Å². The van der Waals surface area contributed by atoms with Crippen molar-refractivity contribution in [2.75, 3.05) is 14.2 Å². The first-order valence-electron chi connectivity index (χ1n) is 9.48. The molecule has 0 radical (unpaired) electrons. The van der Waals surface area contributed by atoms with Gasteiger partial charge in [0.2, 0.25) is 0 Å². The van der Waals surface area contributed by atoms with E-state index in [1.54, 1.807) is 19.1 Å². The highest BCUT2D eigenvalue weighted by atomic mass is 16.5. The molecule has 0 fully saturated rings. The molecule has 0 unspecified atom stereocenters. The second kappa shape index (κ2) is 7.91. The van der Waals surface area contributed by atoms with Crippen LogP contribution in [0.1, 0.15) is 38.6 Å². The van der Waals surface area contributed by atoms with Crippen LogP contribution in [0.5, 0.6) is 11.5 Å². The molecule has 2 heterocycles. The van der Waals surface area contributed by atoms with Crippen LogP contribution >= 0.6 is 0 Å². The number of nitrogens with zero attached hydrogens (tertiary/aromatic N) is 3. The van der Waals surface area contributed by atoms with Gasteiger partial charge in [-0.3, -0.25) is 4.79 Å². The Balaban J connectivity index is 1.50. The predicted octanol–water partition coefficient (Wildman–Crippen LogP) is 3.55. The molecular weight excluding hydrogens is 366 g/mol. The minimum atomic E-state index is -0.0175. The van der Waals surface area contributed by atoms with Crippen LogP contribution in [0, 0.1) is 6.92 Å². The number of hydrogen-bond acceptors (Lipinski definition) is 5. The molecular formula is C23H23N3O3. The number of aromatic nitrogens is 2. The number of benzene rings is 2. The van der Waals surface area contributed by atoms with E-state index in [2.05, 4.69) is 4.98 Å². The summed E-state index contributed by atoms with van der Waals surface area (Å²) in [6, 6.07) is 13.4. The number of carbonyl (C=O) groups is 1. The van der Waals surface area contributed by atoms with Crippen LogP contribution in [0.25, 0.3) is 0 Å². The molecule has 6 heteroatoms. The van der Waals surface area contributed by atoms with E-state index in [1.807, 2.05) is 55.6 Å². The lowest BCUT2D eigenvalue weighted by Gasteiger charge is -2.17. The highest BCUT2D eigenvalue weighted by Gasteiger charge is 2.27. The van der Waals surface area contributed by atoms with Gasteiger partial charge >= 0.3 is 0 Å². The van der Waals surface area contributed by atoms with Crippen molar-refractivity contribution in [3.05, 3.63) is 82.4 Å². The standard InChI is InChI=1S/C23H23N3O3/c1-15-19(5-4-6-21(15)29-3)23(27)26-13-17-12-24-22(25-20(17)14-26)11-16-7-9-18(28-2)10-8-16/h4-10,12H,11,13-14H2,1-3H3. The maximum absolute atomic E-state index is 13.1. The van der Waals surface area contributed by atoms with Gasteiger partial charge in [-0.25, -0.2) is 9.97 Å². The monoisotopic (exact) mass is 389 g/mol. The van der Waals surface area contributed by atoms with E-state index in [-0.39, 0.29) is 5.91 Å². The van der Waals surface area contributed by atoms with Crippen molar-refractivity contribution >= 4 is 5.91 Å². The summed E-state index contributed by atoms with van der Waals surface area (Å²) < 4.78 is 10.5. The lowest BCUT2D eigenvalue weighted by Crippen LogP contribution is -2.26. The van der Waals surface area contributed by atoms with Gasteiger partial charge in [-0.05, 0) is 36.8 Å². The molecule has 0 bridgehead atoms. The summed E-state index contributed by atoms with van der Waals surface area (Å²) in [6.07, 6.45) is 2.48. The summed E-state index contributed by atoms with van der Waals surface area (Å²) >= 11 is 0. The Kier molecular flexibility index (Phi) is 5.16. The van der Waals surface area contributed by atoms with E-state index < -0.39 is 0 Å². The van der Waals surface area contributed by atoms with E-state index in [1.165, 1.54) is 0 Å². The fraction of sp³-hybridized carbons (Fsp3) is 0.261. The Morgan fingerprint density at radius 2 is 1.86 bits per heavy atom. The first kappa shape index (κ1) is 18.9.